The fourth-order valence-electron chi connectivity index (χ4n) is 2.00. The monoisotopic (exact) mass is 493 g/mol. The minimum absolute atomic E-state index is 0.0304. The fourth-order valence-corrected chi connectivity index (χ4v) is 3.47. The Bertz CT molecular complexity index is 944. The Hall–Kier alpha value is -1.35. The van der Waals surface area contributed by atoms with E-state index in [1.807, 2.05) is 0 Å². The highest BCUT2D eigenvalue weighted by atomic mass is 35.5. The van der Waals surface area contributed by atoms with Crippen LogP contribution in [0.2, 0.25) is 20.1 Å². The van der Waals surface area contributed by atoms with Crippen molar-refractivity contribution in [2.75, 3.05) is 6.61 Å². The molecule has 0 saturated heterocycles. The van der Waals surface area contributed by atoms with Crippen LogP contribution in [0.3, 0.4) is 0 Å². The first-order valence-corrected chi connectivity index (χ1v) is 11.0. The summed E-state index contributed by atoms with van der Waals surface area (Å²) in [5.41, 5.74) is 0. The van der Waals surface area contributed by atoms with Gasteiger partial charge in [0.15, 0.2) is 22.7 Å². The second-order valence-corrected chi connectivity index (χ2v) is 8.37. The Morgan fingerprint density at radius 1 is 0.862 bits per heavy atom. The van der Waals surface area contributed by atoms with Gasteiger partial charge in [0, 0.05) is 22.2 Å². The Morgan fingerprint density at radius 3 is 2.03 bits per heavy atom. The van der Waals surface area contributed by atoms with Crippen LogP contribution in [-0.4, -0.2) is 18.7 Å². The van der Waals surface area contributed by atoms with Gasteiger partial charge in [-0.15, -0.1) is 13.8 Å². The molecule has 0 aliphatic carbocycles. The van der Waals surface area contributed by atoms with Crippen LogP contribution in [0.15, 0.2) is 50.2 Å². The molecule has 29 heavy (non-hydrogen) atoms. The maximum Gasteiger partial charge on any atom is 0.336 e. The van der Waals surface area contributed by atoms with Crippen molar-refractivity contribution in [1.29, 1.82) is 0 Å². The summed E-state index contributed by atoms with van der Waals surface area (Å²) in [5, 5.41) is 1.61. The first-order chi connectivity index (χ1) is 13.9. The van der Waals surface area contributed by atoms with E-state index < -0.39 is 11.2 Å². The summed E-state index contributed by atoms with van der Waals surface area (Å²) in [6.45, 7) is 2.53. The average Bonchev–Trinajstić information content (AvgIpc) is 2.68. The average molecular weight is 495 g/mol. The number of ether oxygens (including phenoxy) is 2. The lowest BCUT2D eigenvalue weighted by molar-refractivity contribution is 0.354. The molecule has 1 atom stereocenters. The van der Waals surface area contributed by atoms with Crippen LogP contribution in [0.1, 0.15) is 19.8 Å². The number of hydrogen-bond donors (Lipinski definition) is 0. The van der Waals surface area contributed by atoms with Gasteiger partial charge in [-0.05, 0) is 30.7 Å². The van der Waals surface area contributed by atoms with E-state index in [4.69, 9.17) is 60.1 Å². The van der Waals surface area contributed by atoms with Crippen molar-refractivity contribution in [3.8, 4) is 11.5 Å². The van der Waals surface area contributed by atoms with Crippen molar-refractivity contribution in [3.63, 3.8) is 0 Å². The van der Waals surface area contributed by atoms with Crippen LogP contribution >= 0.6 is 46.4 Å². The van der Waals surface area contributed by atoms with Gasteiger partial charge in [0.2, 0.25) is 0 Å². The highest BCUT2D eigenvalue weighted by Crippen LogP contribution is 2.30. The van der Waals surface area contributed by atoms with E-state index in [1.54, 1.807) is 36.4 Å². The van der Waals surface area contributed by atoms with Gasteiger partial charge in [0.25, 0.3) is 0 Å². The topological polar surface area (TPSA) is 64.8 Å². The summed E-state index contributed by atoms with van der Waals surface area (Å²) in [5.74, 6) is 0.585. The molecule has 1 aliphatic rings. The molecule has 0 radical (unpaired) electrons. The molecule has 3 rings (SSSR count). The van der Waals surface area contributed by atoms with Gasteiger partial charge >= 0.3 is 12.0 Å². The third-order valence-corrected chi connectivity index (χ3v) is 5.48. The normalized spacial score (nSPS) is 16.0. The molecule has 0 fully saturated rings. The SMILES string of the molecule is CCCCOS1=NC(Oc2cc(Cl)ccc2Cl)=NC(Oc2cc(Cl)ccc2Cl)=N1. The van der Waals surface area contributed by atoms with Crippen LogP contribution in [-0.2, 0) is 15.3 Å². The van der Waals surface area contributed by atoms with Gasteiger partial charge in [-0.3, -0.25) is 4.18 Å². The third-order valence-electron chi connectivity index (χ3n) is 3.38. The molecular formula is C18H15Cl4N3O3S. The molecule has 0 amide bonds. The number of rotatable bonds is 6. The van der Waals surface area contributed by atoms with Crippen LogP contribution in [0.5, 0.6) is 11.5 Å². The van der Waals surface area contributed by atoms with Crippen molar-refractivity contribution in [2.45, 2.75) is 19.8 Å². The number of nitrogens with zero attached hydrogens (tertiary/aromatic N) is 3. The van der Waals surface area contributed by atoms with Crippen molar-refractivity contribution in [1.82, 2.24) is 0 Å². The number of aliphatic imine (C=N–C) groups is 1. The minimum atomic E-state index is -1.20. The smallest absolute Gasteiger partial charge is 0.336 e. The molecule has 1 unspecified atom stereocenters. The lowest BCUT2D eigenvalue weighted by Gasteiger charge is -2.14. The van der Waals surface area contributed by atoms with Crippen LogP contribution in [0.4, 0.5) is 0 Å². The van der Waals surface area contributed by atoms with Crippen molar-refractivity contribution >= 4 is 69.6 Å². The van der Waals surface area contributed by atoms with E-state index in [0.29, 0.717) is 38.2 Å². The molecule has 0 spiro atoms. The Labute approximate surface area is 190 Å². The molecular weight excluding hydrogens is 480 g/mol. The fraction of sp³-hybridized carbons (Fsp3) is 0.222. The summed E-state index contributed by atoms with van der Waals surface area (Å²) >= 11 is 23.1. The zero-order valence-corrected chi connectivity index (χ0v) is 18.9. The number of amidine groups is 2. The Morgan fingerprint density at radius 2 is 1.45 bits per heavy atom. The van der Waals surface area contributed by atoms with Gasteiger partial charge in [-0.25, -0.2) is 0 Å². The number of halogens is 4. The van der Waals surface area contributed by atoms with E-state index >= 15 is 0 Å². The molecule has 1 aliphatic heterocycles. The lowest BCUT2D eigenvalue weighted by Crippen LogP contribution is -2.19. The molecule has 0 saturated carbocycles. The standard InChI is InChI=1S/C18H15Cl4N3O3S/c1-2-3-8-26-29-24-17(27-15-9-11(19)4-6-13(15)21)23-18(25-29)28-16-10-12(20)5-7-14(16)22/h4-7,9-10H,2-3,8H2,1H3. The van der Waals surface area contributed by atoms with Crippen molar-refractivity contribution < 1.29 is 13.7 Å². The molecule has 154 valence electrons. The van der Waals surface area contributed by atoms with E-state index in [9.17, 15) is 0 Å². The molecule has 2 aromatic carbocycles. The summed E-state index contributed by atoms with van der Waals surface area (Å²) in [4.78, 5) is 4.17. The van der Waals surface area contributed by atoms with E-state index in [0.717, 1.165) is 12.8 Å². The highest BCUT2D eigenvalue weighted by Gasteiger charge is 2.18. The summed E-state index contributed by atoms with van der Waals surface area (Å²) in [7, 11) is 0. The third kappa shape index (κ3) is 6.57. The zero-order chi connectivity index (χ0) is 20.8. The highest BCUT2D eigenvalue weighted by molar-refractivity contribution is 7.81. The number of unbranched alkanes of at least 4 members (excludes halogenated alkanes) is 1. The second-order valence-electron chi connectivity index (χ2n) is 5.62. The summed E-state index contributed by atoms with van der Waals surface area (Å²) in [6, 6.07) is 9.55. The zero-order valence-electron chi connectivity index (χ0n) is 15.1. The van der Waals surface area contributed by atoms with Crippen LogP contribution < -0.4 is 9.47 Å². The first-order valence-electron chi connectivity index (χ1n) is 8.47. The largest absolute Gasteiger partial charge is 0.422 e. The van der Waals surface area contributed by atoms with Gasteiger partial charge in [0.1, 0.15) is 0 Å². The summed E-state index contributed by atoms with van der Waals surface area (Å²) < 4.78 is 25.6. The van der Waals surface area contributed by atoms with E-state index in [2.05, 4.69) is 20.7 Å². The number of hydrogen-bond acceptors (Lipinski definition) is 6. The molecule has 0 bridgehead atoms. The van der Waals surface area contributed by atoms with Crippen LogP contribution in [0, 0.1) is 0 Å². The van der Waals surface area contributed by atoms with Gasteiger partial charge in [-0.2, -0.15) is 0 Å². The molecule has 11 heteroatoms. The lowest BCUT2D eigenvalue weighted by atomic mass is 10.3. The molecule has 0 aromatic heterocycles. The van der Waals surface area contributed by atoms with E-state index in [-0.39, 0.29) is 12.0 Å². The predicted octanol–water partition coefficient (Wildman–Crippen LogP) is 6.93. The molecule has 6 nitrogen and oxygen atoms in total. The Balaban J connectivity index is 1.88. The quantitative estimate of drug-likeness (QED) is 0.409. The Kier molecular flexibility index (Phi) is 8.17. The minimum Gasteiger partial charge on any atom is -0.422 e. The molecule has 2 aromatic rings. The van der Waals surface area contributed by atoms with Gasteiger partial charge in [-0.1, -0.05) is 59.7 Å². The van der Waals surface area contributed by atoms with Crippen LogP contribution in [0.25, 0.3) is 0 Å². The maximum atomic E-state index is 6.16. The number of benzene rings is 2. The molecule has 1 heterocycles. The first kappa shape index (κ1) is 22.3. The predicted molar refractivity (Wildman–Crippen MR) is 120 cm³/mol. The van der Waals surface area contributed by atoms with Crippen molar-refractivity contribution in [3.05, 3.63) is 56.5 Å². The van der Waals surface area contributed by atoms with Gasteiger partial charge < -0.3 is 9.47 Å². The van der Waals surface area contributed by atoms with Crippen molar-refractivity contribution in [2.24, 2.45) is 13.8 Å². The molecule has 0 N–H and O–H groups in total. The second kappa shape index (κ2) is 10.6. The summed E-state index contributed by atoms with van der Waals surface area (Å²) in [6.07, 6.45) is 1.83. The van der Waals surface area contributed by atoms with E-state index in [1.165, 1.54) is 0 Å². The maximum absolute atomic E-state index is 6.16. The van der Waals surface area contributed by atoms with Gasteiger partial charge in [0.05, 0.1) is 16.7 Å².